The second kappa shape index (κ2) is 7.99. The van der Waals surface area contributed by atoms with E-state index in [1.165, 1.54) is 24.2 Å². The first-order chi connectivity index (χ1) is 10.9. The second-order valence-corrected chi connectivity index (χ2v) is 8.07. The summed E-state index contributed by atoms with van der Waals surface area (Å²) < 4.78 is 0. The summed E-state index contributed by atoms with van der Waals surface area (Å²) in [5, 5.41) is 0.299. The van der Waals surface area contributed by atoms with Gasteiger partial charge in [0, 0.05) is 24.8 Å². The molecule has 2 heterocycles. The molecule has 0 aliphatic carbocycles. The van der Waals surface area contributed by atoms with Crippen LogP contribution in [0.25, 0.3) is 0 Å². The Hall–Kier alpha value is -1.30. The molecule has 1 N–H and O–H groups in total. The maximum atomic E-state index is 12.7. The Morgan fingerprint density at radius 1 is 1.43 bits per heavy atom. The lowest BCUT2D eigenvalue weighted by Gasteiger charge is -2.36. The maximum Gasteiger partial charge on any atom is 0.251 e. The summed E-state index contributed by atoms with van der Waals surface area (Å²) >= 11 is 1.34. The van der Waals surface area contributed by atoms with Crippen LogP contribution in [0.1, 0.15) is 46.2 Å². The fourth-order valence-corrected chi connectivity index (χ4v) is 4.16. The lowest BCUT2D eigenvalue weighted by Crippen LogP contribution is -2.45. The Labute approximate surface area is 142 Å². The number of likely N-dealkylation sites (tertiary alicyclic amines) is 1. The van der Waals surface area contributed by atoms with Gasteiger partial charge in [0.2, 0.25) is 5.91 Å². The zero-order valence-corrected chi connectivity index (χ0v) is 15.3. The number of aromatic nitrogens is 2. The number of nitrogens with one attached hydrogen (secondary N) is 1. The van der Waals surface area contributed by atoms with Crippen molar-refractivity contribution >= 4 is 17.7 Å². The minimum Gasteiger partial charge on any atom is -0.341 e. The Balaban J connectivity index is 2.04. The molecule has 0 bridgehead atoms. The Morgan fingerprint density at radius 3 is 2.70 bits per heavy atom. The van der Waals surface area contributed by atoms with E-state index < -0.39 is 0 Å². The van der Waals surface area contributed by atoms with Crippen LogP contribution in [0.3, 0.4) is 0 Å². The van der Waals surface area contributed by atoms with Crippen LogP contribution in [0, 0.1) is 11.8 Å². The van der Waals surface area contributed by atoms with E-state index in [9.17, 15) is 9.59 Å². The van der Waals surface area contributed by atoms with E-state index in [1.807, 2.05) is 11.8 Å². The van der Waals surface area contributed by atoms with E-state index in [-0.39, 0.29) is 16.7 Å². The first kappa shape index (κ1) is 18.0. The van der Waals surface area contributed by atoms with Gasteiger partial charge in [0.15, 0.2) is 5.16 Å². The largest absolute Gasteiger partial charge is 0.341 e. The van der Waals surface area contributed by atoms with Gasteiger partial charge in [0.1, 0.15) is 0 Å². The molecule has 0 saturated carbocycles. The molecule has 23 heavy (non-hydrogen) atoms. The summed E-state index contributed by atoms with van der Waals surface area (Å²) in [6, 6.07) is 1.54. The van der Waals surface area contributed by atoms with Crippen LogP contribution in [0.15, 0.2) is 16.0 Å². The van der Waals surface area contributed by atoms with Gasteiger partial charge in [0.05, 0.1) is 5.25 Å². The van der Waals surface area contributed by atoms with E-state index in [2.05, 4.69) is 30.7 Å². The molecule has 0 unspecified atom stereocenters. The minimum absolute atomic E-state index is 0.136. The average Bonchev–Trinajstić information content (AvgIpc) is 2.45. The van der Waals surface area contributed by atoms with Crippen molar-refractivity contribution in [3.63, 3.8) is 0 Å². The molecule has 1 saturated heterocycles. The number of aryl methyl sites for hydroxylation is 1. The van der Waals surface area contributed by atoms with Gasteiger partial charge in [-0.05, 0) is 31.6 Å². The average molecular weight is 337 g/mol. The molecule has 5 nitrogen and oxygen atoms in total. The highest BCUT2D eigenvalue weighted by atomic mass is 32.2. The van der Waals surface area contributed by atoms with E-state index in [0.29, 0.717) is 17.0 Å². The van der Waals surface area contributed by atoms with Crippen molar-refractivity contribution in [3.8, 4) is 0 Å². The third-order valence-corrected chi connectivity index (χ3v) is 5.07. The van der Waals surface area contributed by atoms with Crippen LogP contribution in [0.5, 0.6) is 0 Å². The van der Waals surface area contributed by atoms with Crippen LogP contribution in [0.4, 0.5) is 0 Å². The smallest absolute Gasteiger partial charge is 0.251 e. The molecule has 1 aromatic heterocycles. The van der Waals surface area contributed by atoms with Crippen molar-refractivity contribution in [1.82, 2.24) is 14.9 Å². The zero-order chi connectivity index (χ0) is 17.0. The first-order valence-electron chi connectivity index (χ1n) is 8.44. The van der Waals surface area contributed by atoms with Crippen molar-refractivity contribution in [1.29, 1.82) is 0 Å². The van der Waals surface area contributed by atoms with Gasteiger partial charge in [-0.3, -0.25) is 9.59 Å². The molecule has 6 heteroatoms. The number of nitrogens with zero attached hydrogens (tertiary/aromatic N) is 2. The molecule has 0 aromatic carbocycles. The Bertz CT molecular complexity index is 592. The third-order valence-electron chi connectivity index (χ3n) is 4.10. The molecule has 1 fully saturated rings. The van der Waals surface area contributed by atoms with Crippen LogP contribution in [-0.4, -0.2) is 39.1 Å². The predicted molar refractivity (Wildman–Crippen MR) is 93.7 cm³/mol. The van der Waals surface area contributed by atoms with Crippen molar-refractivity contribution in [2.45, 2.75) is 57.4 Å². The van der Waals surface area contributed by atoms with Crippen molar-refractivity contribution in [2.24, 2.45) is 11.8 Å². The fourth-order valence-electron chi connectivity index (χ4n) is 3.24. The molecule has 0 radical (unpaired) electrons. The fraction of sp³-hybridized carbons (Fsp3) is 0.706. The molecule has 3 atom stereocenters. The number of piperidine rings is 1. The van der Waals surface area contributed by atoms with E-state index in [4.69, 9.17) is 0 Å². The quantitative estimate of drug-likeness (QED) is 0.663. The van der Waals surface area contributed by atoms with Gasteiger partial charge in [-0.2, -0.15) is 0 Å². The van der Waals surface area contributed by atoms with Crippen LogP contribution < -0.4 is 5.56 Å². The second-order valence-electron chi connectivity index (χ2n) is 6.74. The number of aromatic amines is 1. The number of hydrogen-bond acceptors (Lipinski definition) is 4. The van der Waals surface area contributed by atoms with Gasteiger partial charge in [0.25, 0.3) is 5.56 Å². The normalized spacial score (nSPS) is 22.9. The van der Waals surface area contributed by atoms with Crippen molar-refractivity contribution in [2.75, 3.05) is 13.1 Å². The topological polar surface area (TPSA) is 66.1 Å². The molecule has 2 rings (SSSR count). The van der Waals surface area contributed by atoms with Crippen LogP contribution in [0.2, 0.25) is 0 Å². The van der Waals surface area contributed by atoms with Crippen molar-refractivity contribution < 1.29 is 4.79 Å². The van der Waals surface area contributed by atoms with Gasteiger partial charge < -0.3 is 9.88 Å². The van der Waals surface area contributed by atoms with Crippen LogP contribution >= 0.6 is 11.8 Å². The monoisotopic (exact) mass is 337 g/mol. The molecule has 1 aliphatic heterocycles. The molecular formula is C17H27N3O2S. The summed E-state index contributed by atoms with van der Waals surface area (Å²) in [6.45, 7) is 9.99. The minimum atomic E-state index is -0.243. The number of thioether (sulfide) groups is 1. The van der Waals surface area contributed by atoms with Crippen LogP contribution in [-0.2, 0) is 11.2 Å². The SMILES string of the molecule is CCCc1cc(=O)[nH]c(S[C@H](C)C(=O)N2C[C@H](C)C[C@@H](C)C2)n1. The lowest BCUT2D eigenvalue weighted by atomic mass is 9.92. The molecule has 1 amide bonds. The number of amides is 1. The summed E-state index contributed by atoms with van der Waals surface area (Å²) in [6.07, 6.45) is 2.90. The Morgan fingerprint density at radius 2 is 2.09 bits per heavy atom. The summed E-state index contributed by atoms with van der Waals surface area (Å²) in [7, 11) is 0. The van der Waals surface area contributed by atoms with Gasteiger partial charge in [-0.15, -0.1) is 0 Å². The molecule has 1 aliphatic rings. The Kier molecular flexibility index (Phi) is 6.27. The highest BCUT2D eigenvalue weighted by molar-refractivity contribution is 8.00. The summed E-state index contributed by atoms with van der Waals surface area (Å²) in [4.78, 5) is 33.6. The van der Waals surface area contributed by atoms with E-state index >= 15 is 0 Å². The highest BCUT2D eigenvalue weighted by Gasteiger charge is 2.29. The van der Waals surface area contributed by atoms with Crippen molar-refractivity contribution in [3.05, 3.63) is 22.1 Å². The molecule has 128 valence electrons. The summed E-state index contributed by atoms with van der Waals surface area (Å²) in [5.41, 5.74) is 0.643. The van der Waals surface area contributed by atoms with Gasteiger partial charge >= 0.3 is 0 Å². The van der Waals surface area contributed by atoms with Gasteiger partial charge in [-0.25, -0.2) is 4.98 Å². The van der Waals surface area contributed by atoms with Gasteiger partial charge in [-0.1, -0.05) is 39.0 Å². The maximum absolute atomic E-state index is 12.7. The standard InChI is InChI=1S/C17H27N3O2S/c1-5-6-14-8-15(21)19-17(18-14)23-13(4)16(22)20-9-11(2)7-12(3)10-20/h8,11-13H,5-7,9-10H2,1-4H3,(H,18,19,21)/t11-,12-,13-/m1/s1. The number of H-pyrrole nitrogens is 1. The lowest BCUT2D eigenvalue weighted by molar-refractivity contribution is -0.132. The third kappa shape index (κ3) is 5.09. The number of carbonyl (C=O) groups is 1. The number of rotatable bonds is 5. The van der Waals surface area contributed by atoms with E-state index in [0.717, 1.165) is 31.6 Å². The first-order valence-corrected chi connectivity index (χ1v) is 9.32. The number of hydrogen-bond donors (Lipinski definition) is 1. The number of carbonyl (C=O) groups excluding carboxylic acids is 1. The predicted octanol–water partition coefficient (Wildman–Crippen LogP) is 2.71. The molecule has 0 spiro atoms. The molecular weight excluding hydrogens is 310 g/mol. The highest BCUT2D eigenvalue weighted by Crippen LogP contribution is 2.25. The molecule has 1 aromatic rings. The zero-order valence-electron chi connectivity index (χ0n) is 14.5. The van der Waals surface area contributed by atoms with E-state index in [1.54, 1.807) is 0 Å². The summed E-state index contributed by atoms with van der Waals surface area (Å²) in [5.74, 6) is 1.23.